The van der Waals surface area contributed by atoms with E-state index in [1.165, 1.54) is 11.8 Å². The van der Waals surface area contributed by atoms with E-state index in [4.69, 9.17) is 4.98 Å². The second kappa shape index (κ2) is 7.31. The molecule has 4 rings (SSSR count). The normalized spacial score (nSPS) is 17.4. The van der Waals surface area contributed by atoms with Crippen molar-refractivity contribution in [1.82, 2.24) is 9.55 Å². The lowest BCUT2D eigenvalue weighted by Crippen LogP contribution is -2.26. The Kier molecular flexibility index (Phi) is 4.87. The zero-order chi connectivity index (χ0) is 19.0. The number of hydrogen-bond donors (Lipinski definition) is 0. The quantitative estimate of drug-likeness (QED) is 0.625. The number of carbonyl (C=O) groups is 1. The van der Waals surface area contributed by atoms with Gasteiger partial charge < -0.3 is 0 Å². The number of aromatic nitrogens is 2. The van der Waals surface area contributed by atoms with Crippen LogP contribution in [-0.2, 0) is 4.79 Å². The van der Waals surface area contributed by atoms with E-state index in [0.29, 0.717) is 22.5 Å². The Balaban J connectivity index is 1.93. The minimum atomic E-state index is -0.121. The predicted molar refractivity (Wildman–Crippen MR) is 110 cm³/mol. The third kappa shape index (κ3) is 3.44. The molecule has 1 heterocycles. The predicted octanol–water partition coefficient (Wildman–Crippen LogP) is 4.61. The van der Waals surface area contributed by atoms with Crippen LogP contribution in [0.4, 0.5) is 0 Å². The zero-order valence-electron chi connectivity index (χ0n) is 15.6. The summed E-state index contributed by atoms with van der Waals surface area (Å²) >= 11 is 1.44. The molecule has 3 aromatic rings. The molecule has 1 fully saturated rings. The SMILES string of the molecule is Cc1ccc(-n2c(SC3CCCCC3=O)nc3ccccc3c2=O)c(C)c1. The van der Waals surface area contributed by atoms with Crippen LogP contribution >= 0.6 is 11.8 Å². The summed E-state index contributed by atoms with van der Waals surface area (Å²) in [4.78, 5) is 30.5. The minimum Gasteiger partial charge on any atom is -0.298 e. The molecule has 138 valence electrons. The van der Waals surface area contributed by atoms with Crippen LogP contribution in [0, 0.1) is 13.8 Å². The number of para-hydroxylation sites is 1. The summed E-state index contributed by atoms with van der Waals surface area (Å²) in [7, 11) is 0. The van der Waals surface area contributed by atoms with Gasteiger partial charge in [-0.15, -0.1) is 0 Å². The maximum atomic E-state index is 13.3. The van der Waals surface area contributed by atoms with Crippen LogP contribution in [0.25, 0.3) is 16.6 Å². The zero-order valence-corrected chi connectivity index (χ0v) is 16.4. The standard InChI is InChI=1S/C22H22N2O2S/c1-14-11-12-18(15(2)13-14)24-21(26)16-7-3-4-8-17(16)23-22(24)27-20-10-6-5-9-19(20)25/h3-4,7-8,11-13,20H,5-6,9-10H2,1-2H3. The molecule has 0 N–H and O–H groups in total. The highest BCUT2D eigenvalue weighted by Crippen LogP contribution is 2.32. The third-order valence-electron chi connectivity index (χ3n) is 5.08. The van der Waals surface area contributed by atoms with Crippen LogP contribution in [0.15, 0.2) is 52.4 Å². The fourth-order valence-electron chi connectivity index (χ4n) is 3.66. The van der Waals surface area contributed by atoms with Gasteiger partial charge in [0.25, 0.3) is 5.56 Å². The molecular formula is C22H22N2O2S. The molecule has 0 spiro atoms. The van der Waals surface area contributed by atoms with E-state index in [1.807, 2.05) is 50.2 Å². The van der Waals surface area contributed by atoms with Gasteiger partial charge in [0.15, 0.2) is 5.16 Å². The molecule has 5 heteroatoms. The Bertz CT molecular complexity index is 1090. The van der Waals surface area contributed by atoms with Crippen LogP contribution in [0.3, 0.4) is 0 Å². The molecule has 1 saturated carbocycles. The molecule has 4 nitrogen and oxygen atoms in total. The smallest absolute Gasteiger partial charge is 0.266 e. The molecule has 27 heavy (non-hydrogen) atoms. The molecule has 0 bridgehead atoms. The van der Waals surface area contributed by atoms with Gasteiger partial charge in [-0.3, -0.25) is 14.2 Å². The Morgan fingerprint density at radius 3 is 2.67 bits per heavy atom. The molecular weight excluding hydrogens is 356 g/mol. The van der Waals surface area contributed by atoms with Gasteiger partial charge in [-0.1, -0.05) is 48.0 Å². The number of thioether (sulfide) groups is 1. The van der Waals surface area contributed by atoms with E-state index in [1.54, 1.807) is 4.57 Å². The van der Waals surface area contributed by atoms with Crippen LogP contribution < -0.4 is 5.56 Å². The summed E-state index contributed by atoms with van der Waals surface area (Å²) in [6.45, 7) is 4.04. The fraction of sp³-hybridized carbons (Fsp3) is 0.318. The van der Waals surface area contributed by atoms with Crippen molar-refractivity contribution in [1.29, 1.82) is 0 Å². The first-order valence-electron chi connectivity index (χ1n) is 9.33. The third-order valence-corrected chi connectivity index (χ3v) is 6.35. The molecule has 0 aliphatic heterocycles. The van der Waals surface area contributed by atoms with Gasteiger partial charge in [-0.05, 0) is 50.5 Å². The number of fused-ring (bicyclic) bond motifs is 1. The molecule has 1 unspecified atom stereocenters. The van der Waals surface area contributed by atoms with Crippen molar-refractivity contribution in [3.8, 4) is 5.69 Å². The van der Waals surface area contributed by atoms with E-state index in [0.717, 1.165) is 36.1 Å². The molecule has 2 aromatic carbocycles. The van der Waals surface area contributed by atoms with Crippen LogP contribution in [0.5, 0.6) is 0 Å². The van der Waals surface area contributed by atoms with Crippen molar-refractivity contribution in [3.05, 3.63) is 63.9 Å². The molecule has 1 aliphatic rings. The van der Waals surface area contributed by atoms with E-state index < -0.39 is 0 Å². The van der Waals surface area contributed by atoms with E-state index in [2.05, 4.69) is 6.07 Å². The highest BCUT2D eigenvalue weighted by molar-refractivity contribution is 8.00. The van der Waals surface area contributed by atoms with Crippen molar-refractivity contribution >= 4 is 28.4 Å². The minimum absolute atomic E-state index is 0.0849. The summed E-state index contributed by atoms with van der Waals surface area (Å²) in [5.74, 6) is 0.265. The van der Waals surface area contributed by atoms with Gasteiger partial charge in [-0.25, -0.2) is 4.98 Å². The first-order chi connectivity index (χ1) is 13.0. The fourth-order valence-corrected chi connectivity index (χ4v) is 4.89. The summed E-state index contributed by atoms with van der Waals surface area (Å²) < 4.78 is 1.68. The van der Waals surface area contributed by atoms with Gasteiger partial charge in [0.2, 0.25) is 0 Å². The number of nitrogens with zero attached hydrogens (tertiary/aromatic N) is 2. The lowest BCUT2D eigenvalue weighted by molar-refractivity contribution is -0.119. The number of Topliss-reactive ketones (excluding diaryl/α,β-unsaturated/α-hetero) is 1. The molecule has 0 radical (unpaired) electrons. The second-order valence-electron chi connectivity index (χ2n) is 7.16. The maximum absolute atomic E-state index is 13.3. The lowest BCUT2D eigenvalue weighted by Gasteiger charge is -2.22. The van der Waals surface area contributed by atoms with Gasteiger partial charge in [0.05, 0.1) is 21.8 Å². The summed E-state index contributed by atoms with van der Waals surface area (Å²) in [6, 6.07) is 13.4. The maximum Gasteiger partial charge on any atom is 0.266 e. The molecule has 1 aromatic heterocycles. The Hall–Kier alpha value is -2.40. The number of carbonyl (C=O) groups excluding carboxylic acids is 1. The molecule has 0 saturated heterocycles. The van der Waals surface area contributed by atoms with Gasteiger partial charge >= 0.3 is 0 Å². The summed E-state index contributed by atoms with van der Waals surface area (Å²) in [5.41, 5.74) is 3.59. The topological polar surface area (TPSA) is 52.0 Å². The molecule has 1 aliphatic carbocycles. The van der Waals surface area contributed by atoms with Gasteiger partial charge in [-0.2, -0.15) is 0 Å². The first-order valence-corrected chi connectivity index (χ1v) is 10.2. The van der Waals surface area contributed by atoms with Crippen LogP contribution in [0.1, 0.15) is 36.8 Å². The summed E-state index contributed by atoms with van der Waals surface area (Å²) in [5, 5.41) is 1.08. The Labute approximate surface area is 162 Å². The van der Waals surface area contributed by atoms with Crippen molar-refractivity contribution in [2.75, 3.05) is 0 Å². The first kappa shape index (κ1) is 18.0. The number of benzene rings is 2. The second-order valence-corrected chi connectivity index (χ2v) is 8.33. The van der Waals surface area contributed by atoms with Crippen LogP contribution in [0.2, 0.25) is 0 Å². The van der Waals surface area contributed by atoms with E-state index >= 15 is 0 Å². The average Bonchev–Trinajstić information content (AvgIpc) is 2.65. The Morgan fingerprint density at radius 2 is 1.89 bits per heavy atom. The average molecular weight is 378 g/mol. The molecule has 0 amide bonds. The van der Waals surface area contributed by atoms with Crippen molar-refractivity contribution in [3.63, 3.8) is 0 Å². The van der Waals surface area contributed by atoms with Crippen molar-refractivity contribution < 1.29 is 4.79 Å². The van der Waals surface area contributed by atoms with Crippen LogP contribution in [-0.4, -0.2) is 20.6 Å². The number of aryl methyl sites for hydroxylation is 2. The molecule has 1 atom stereocenters. The van der Waals surface area contributed by atoms with Gasteiger partial charge in [0.1, 0.15) is 5.78 Å². The van der Waals surface area contributed by atoms with E-state index in [9.17, 15) is 9.59 Å². The van der Waals surface area contributed by atoms with Crippen molar-refractivity contribution in [2.45, 2.75) is 49.9 Å². The highest BCUT2D eigenvalue weighted by Gasteiger charge is 2.26. The largest absolute Gasteiger partial charge is 0.298 e. The van der Waals surface area contributed by atoms with Crippen molar-refractivity contribution in [2.24, 2.45) is 0 Å². The van der Waals surface area contributed by atoms with Gasteiger partial charge in [0, 0.05) is 6.42 Å². The monoisotopic (exact) mass is 378 g/mol. The summed E-state index contributed by atoms with van der Waals surface area (Å²) in [6.07, 6.45) is 3.48. The number of ketones is 1. The Morgan fingerprint density at radius 1 is 1.07 bits per heavy atom. The number of rotatable bonds is 3. The number of hydrogen-bond acceptors (Lipinski definition) is 4. The lowest BCUT2D eigenvalue weighted by atomic mass is 9.99. The highest BCUT2D eigenvalue weighted by atomic mass is 32.2. The van der Waals surface area contributed by atoms with E-state index in [-0.39, 0.29) is 16.6 Å².